The van der Waals surface area contributed by atoms with Gasteiger partial charge < -0.3 is 11.1 Å². The summed E-state index contributed by atoms with van der Waals surface area (Å²) in [4.78, 5) is 6.82. The highest BCUT2D eigenvalue weighted by atomic mass is 32.1. The maximum absolute atomic E-state index is 5.80. The number of para-hydroxylation sites is 1. The predicted molar refractivity (Wildman–Crippen MR) is 74.4 cm³/mol. The molecule has 17 heavy (non-hydrogen) atoms. The van der Waals surface area contributed by atoms with E-state index in [1.807, 2.05) is 30.3 Å². The van der Waals surface area contributed by atoms with Gasteiger partial charge in [-0.25, -0.2) is 4.99 Å². The van der Waals surface area contributed by atoms with E-state index in [0.717, 1.165) is 5.69 Å². The number of hydrogen-bond acceptors (Lipinski definition) is 2. The van der Waals surface area contributed by atoms with E-state index in [4.69, 9.17) is 5.73 Å². The summed E-state index contributed by atoms with van der Waals surface area (Å²) in [7, 11) is 0. The molecule has 1 aromatic heterocycles. The molecule has 4 heteroatoms. The molecule has 0 radical (unpaired) electrons. The first-order valence-corrected chi connectivity index (χ1v) is 6.23. The molecular weight excluding hydrogens is 230 g/mol. The van der Waals surface area contributed by atoms with Crippen LogP contribution in [0, 0.1) is 6.92 Å². The Hall–Kier alpha value is -1.81. The van der Waals surface area contributed by atoms with Gasteiger partial charge in [0.2, 0.25) is 0 Å². The number of aryl methyl sites for hydroxylation is 1. The van der Waals surface area contributed by atoms with Crippen LogP contribution in [-0.4, -0.2) is 5.96 Å². The number of benzene rings is 1. The van der Waals surface area contributed by atoms with Gasteiger partial charge in [0.15, 0.2) is 5.96 Å². The van der Waals surface area contributed by atoms with E-state index in [-0.39, 0.29) is 0 Å². The van der Waals surface area contributed by atoms with Gasteiger partial charge in [0.05, 0.1) is 6.54 Å². The SMILES string of the molecule is Cc1ccc(CN=C(N)Nc2ccccc2)s1. The number of hydrogen-bond donors (Lipinski definition) is 2. The van der Waals surface area contributed by atoms with E-state index in [9.17, 15) is 0 Å². The number of anilines is 1. The second-order valence-electron chi connectivity index (χ2n) is 3.70. The molecule has 0 saturated carbocycles. The molecule has 88 valence electrons. The number of aliphatic imine (C=N–C) groups is 1. The zero-order valence-corrected chi connectivity index (χ0v) is 10.5. The first-order valence-electron chi connectivity index (χ1n) is 5.41. The Morgan fingerprint density at radius 3 is 2.65 bits per heavy atom. The first kappa shape index (κ1) is 11.7. The fourth-order valence-electron chi connectivity index (χ4n) is 1.44. The zero-order chi connectivity index (χ0) is 12.1. The van der Waals surface area contributed by atoms with Gasteiger partial charge in [-0.05, 0) is 31.2 Å². The summed E-state index contributed by atoms with van der Waals surface area (Å²) < 4.78 is 0. The number of thiophene rings is 1. The smallest absolute Gasteiger partial charge is 0.193 e. The van der Waals surface area contributed by atoms with Crippen LogP contribution in [0.15, 0.2) is 47.5 Å². The van der Waals surface area contributed by atoms with Gasteiger partial charge in [-0.3, -0.25) is 0 Å². The van der Waals surface area contributed by atoms with Crippen molar-refractivity contribution in [3.05, 3.63) is 52.2 Å². The second-order valence-corrected chi connectivity index (χ2v) is 5.08. The summed E-state index contributed by atoms with van der Waals surface area (Å²) >= 11 is 1.75. The molecular formula is C13H15N3S. The van der Waals surface area contributed by atoms with Crippen molar-refractivity contribution >= 4 is 23.0 Å². The van der Waals surface area contributed by atoms with Crippen molar-refractivity contribution in [3.8, 4) is 0 Å². The maximum atomic E-state index is 5.80. The van der Waals surface area contributed by atoms with Crippen LogP contribution in [0.2, 0.25) is 0 Å². The Labute approximate surface area is 105 Å². The average Bonchev–Trinajstić information content (AvgIpc) is 2.74. The van der Waals surface area contributed by atoms with Crippen molar-refractivity contribution in [2.24, 2.45) is 10.7 Å². The Balaban J connectivity index is 1.94. The van der Waals surface area contributed by atoms with Crippen LogP contribution in [0.5, 0.6) is 0 Å². The normalized spacial score (nSPS) is 11.5. The molecule has 0 bridgehead atoms. The van der Waals surface area contributed by atoms with Gasteiger partial charge in [-0.15, -0.1) is 11.3 Å². The molecule has 0 unspecified atom stereocenters. The van der Waals surface area contributed by atoms with Crippen molar-refractivity contribution in [2.75, 3.05) is 5.32 Å². The zero-order valence-electron chi connectivity index (χ0n) is 9.68. The monoisotopic (exact) mass is 245 g/mol. The summed E-state index contributed by atoms with van der Waals surface area (Å²) in [5.41, 5.74) is 6.76. The first-order chi connectivity index (χ1) is 8.24. The molecule has 0 saturated heterocycles. The van der Waals surface area contributed by atoms with Crippen molar-refractivity contribution < 1.29 is 0 Å². The third-order valence-corrected chi connectivity index (χ3v) is 3.23. The summed E-state index contributed by atoms with van der Waals surface area (Å²) in [6.07, 6.45) is 0. The fourth-order valence-corrected chi connectivity index (χ4v) is 2.26. The topological polar surface area (TPSA) is 50.4 Å². The quantitative estimate of drug-likeness (QED) is 0.645. The van der Waals surface area contributed by atoms with E-state index in [1.54, 1.807) is 11.3 Å². The second kappa shape index (κ2) is 5.50. The van der Waals surface area contributed by atoms with Crippen LogP contribution < -0.4 is 11.1 Å². The molecule has 0 aliphatic rings. The Bertz CT molecular complexity index is 502. The van der Waals surface area contributed by atoms with Gasteiger partial charge >= 0.3 is 0 Å². The van der Waals surface area contributed by atoms with Gasteiger partial charge in [-0.2, -0.15) is 0 Å². The highest BCUT2D eigenvalue weighted by molar-refractivity contribution is 7.11. The number of rotatable bonds is 3. The van der Waals surface area contributed by atoms with Crippen LogP contribution in [0.25, 0.3) is 0 Å². The summed E-state index contributed by atoms with van der Waals surface area (Å²) in [5, 5.41) is 3.05. The molecule has 0 aliphatic carbocycles. The van der Waals surface area contributed by atoms with Crippen LogP contribution in [0.4, 0.5) is 5.69 Å². The standard InChI is InChI=1S/C13H15N3S/c1-10-7-8-12(17-10)9-15-13(14)16-11-5-3-2-4-6-11/h2-8H,9H2,1H3,(H3,14,15,16). The molecule has 1 heterocycles. The molecule has 0 amide bonds. The lowest BCUT2D eigenvalue weighted by Crippen LogP contribution is -2.22. The summed E-state index contributed by atoms with van der Waals surface area (Å²) in [6, 6.07) is 14.0. The van der Waals surface area contributed by atoms with Gasteiger partial charge in [-0.1, -0.05) is 18.2 Å². The number of nitrogens with two attached hydrogens (primary N) is 1. The molecule has 0 atom stereocenters. The molecule has 1 aromatic carbocycles. The lowest BCUT2D eigenvalue weighted by molar-refractivity contribution is 1.09. The van der Waals surface area contributed by atoms with E-state index >= 15 is 0 Å². The molecule has 3 nitrogen and oxygen atoms in total. The third kappa shape index (κ3) is 3.60. The average molecular weight is 245 g/mol. The van der Waals surface area contributed by atoms with E-state index < -0.39 is 0 Å². The van der Waals surface area contributed by atoms with Crippen LogP contribution in [0.3, 0.4) is 0 Å². The largest absolute Gasteiger partial charge is 0.370 e. The molecule has 0 spiro atoms. The minimum atomic E-state index is 0.447. The number of nitrogens with one attached hydrogen (secondary N) is 1. The van der Waals surface area contributed by atoms with Crippen molar-refractivity contribution in [1.29, 1.82) is 0 Å². The minimum Gasteiger partial charge on any atom is -0.370 e. The maximum Gasteiger partial charge on any atom is 0.193 e. The van der Waals surface area contributed by atoms with Gasteiger partial charge in [0.25, 0.3) is 0 Å². The molecule has 3 N–H and O–H groups in total. The predicted octanol–water partition coefficient (Wildman–Crippen LogP) is 2.98. The fraction of sp³-hybridized carbons (Fsp3) is 0.154. The number of guanidine groups is 1. The lowest BCUT2D eigenvalue weighted by atomic mass is 10.3. The van der Waals surface area contributed by atoms with Crippen molar-refractivity contribution in [3.63, 3.8) is 0 Å². The van der Waals surface area contributed by atoms with E-state index in [2.05, 4.69) is 29.4 Å². The lowest BCUT2D eigenvalue weighted by Gasteiger charge is -2.04. The van der Waals surface area contributed by atoms with Crippen LogP contribution in [0.1, 0.15) is 9.75 Å². The van der Waals surface area contributed by atoms with Crippen molar-refractivity contribution in [2.45, 2.75) is 13.5 Å². The Kier molecular flexibility index (Phi) is 3.77. The Morgan fingerprint density at radius 1 is 1.24 bits per heavy atom. The third-order valence-electron chi connectivity index (χ3n) is 2.25. The molecule has 2 rings (SSSR count). The van der Waals surface area contributed by atoms with E-state index in [0.29, 0.717) is 12.5 Å². The minimum absolute atomic E-state index is 0.447. The Morgan fingerprint density at radius 2 is 2.00 bits per heavy atom. The highest BCUT2D eigenvalue weighted by Gasteiger charge is 1.97. The van der Waals surface area contributed by atoms with Crippen molar-refractivity contribution in [1.82, 2.24) is 0 Å². The van der Waals surface area contributed by atoms with Gasteiger partial charge in [0.1, 0.15) is 0 Å². The van der Waals surface area contributed by atoms with Crippen LogP contribution >= 0.6 is 11.3 Å². The van der Waals surface area contributed by atoms with E-state index in [1.165, 1.54) is 9.75 Å². The summed E-state index contributed by atoms with van der Waals surface area (Å²) in [5.74, 6) is 0.447. The molecule has 2 aromatic rings. The summed E-state index contributed by atoms with van der Waals surface area (Å²) in [6.45, 7) is 2.72. The number of nitrogens with zero attached hydrogens (tertiary/aromatic N) is 1. The van der Waals surface area contributed by atoms with Gasteiger partial charge in [0, 0.05) is 15.4 Å². The van der Waals surface area contributed by atoms with Crippen LogP contribution in [-0.2, 0) is 6.54 Å². The molecule has 0 fully saturated rings. The molecule has 0 aliphatic heterocycles. The highest BCUT2D eigenvalue weighted by Crippen LogP contribution is 2.15.